The molecule has 0 radical (unpaired) electrons. The summed E-state index contributed by atoms with van der Waals surface area (Å²) in [6, 6.07) is 9.45. The van der Waals surface area contributed by atoms with Crippen molar-refractivity contribution in [3.05, 3.63) is 35.4 Å². The Bertz CT molecular complexity index is 337. The summed E-state index contributed by atoms with van der Waals surface area (Å²) in [5.41, 5.74) is 2.97. The zero-order valence-electron chi connectivity index (χ0n) is 12.1. The van der Waals surface area contributed by atoms with Gasteiger partial charge in [0.15, 0.2) is 0 Å². The van der Waals surface area contributed by atoms with Gasteiger partial charge in [0.2, 0.25) is 0 Å². The molecule has 0 spiro atoms. The average Bonchev–Trinajstić information content (AvgIpc) is 2.33. The molecule has 0 saturated heterocycles. The van der Waals surface area contributed by atoms with Crippen LogP contribution in [0.3, 0.4) is 0 Å². The van der Waals surface area contributed by atoms with E-state index >= 15 is 0 Å². The van der Waals surface area contributed by atoms with E-state index < -0.39 is 0 Å². The molecule has 1 N–H and O–H groups in total. The smallest absolute Gasteiger partial charge is 0.0224 e. The third-order valence-corrected chi connectivity index (χ3v) is 3.51. The first kappa shape index (κ1) is 15.5. The van der Waals surface area contributed by atoms with Gasteiger partial charge in [0.25, 0.3) is 0 Å². The molecule has 1 unspecified atom stereocenters. The molecule has 1 atom stereocenters. The van der Waals surface area contributed by atoms with Gasteiger partial charge in [-0.3, -0.25) is 0 Å². The second-order valence-electron chi connectivity index (χ2n) is 6.06. The van der Waals surface area contributed by atoms with Crippen LogP contribution in [0.2, 0.25) is 0 Å². The second kappa shape index (κ2) is 7.16. The van der Waals surface area contributed by atoms with E-state index in [9.17, 15) is 0 Å². The second-order valence-corrected chi connectivity index (χ2v) is 6.44. The molecule has 0 heterocycles. The first-order chi connectivity index (χ1) is 8.43. The Hall–Kier alpha value is -0.530. The Labute approximate surface area is 117 Å². The molecule has 18 heavy (non-hydrogen) atoms. The minimum atomic E-state index is 0.236. The summed E-state index contributed by atoms with van der Waals surface area (Å²) in [7, 11) is 0. The van der Waals surface area contributed by atoms with E-state index in [2.05, 4.69) is 57.3 Å². The molecule has 1 aromatic carbocycles. The van der Waals surface area contributed by atoms with Crippen molar-refractivity contribution in [3.8, 4) is 0 Å². The number of hydrogen-bond donors (Lipinski definition) is 1. The fraction of sp³-hybridized carbons (Fsp3) is 0.625. The van der Waals surface area contributed by atoms with Gasteiger partial charge in [-0.2, -0.15) is 0 Å². The van der Waals surface area contributed by atoms with Crippen molar-refractivity contribution >= 4 is 11.6 Å². The number of benzene rings is 1. The van der Waals surface area contributed by atoms with Gasteiger partial charge in [0.1, 0.15) is 0 Å². The van der Waals surface area contributed by atoms with Crippen LogP contribution in [0.5, 0.6) is 0 Å². The van der Waals surface area contributed by atoms with Crippen LogP contribution in [0, 0.1) is 0 Å². The zero-order valence-corrected chi connectivity index (χ0v) is 12.8. The normalized spacial score (nSPS) is 13.6. The summed E-state index contributed by atoms with van der Waals surface area (Å²) in [5, 5.41) is 3.53. The highest BCUT2D eigenvalue weighted by Crippen LogP contribution is 2.22. The molecular weight excluding hydrogens is 242 g/mol. The standard InChI is InChI=1S/C16H26ClN/c1-13(6-5-11-17)18-12-14-7-9-15(10-8-14)16(2,3)4/h7-10,13,18H,5-6,11-12H2,1-4H3. The monoisotopic (exact) mass is 267 g/mol. The number of nitrogens with one attached hydrogen (secondary N) is 1. The maximum absolute atomic E-state index is 5.70. The van der Waals surface area contributed by atoms with Gasteiger partial charge in [-0.05, 0) is 36.3 Å². The number of rotatable bonds is 6. The summed E-state index contributed by atoms with van der Waals surface area (Å²) < 4.78 is 0. The Morgan fingerprint density at radius 3 is 2.28 bits per heavy atom. The highest BCUT2D eigenvalue weighted by Gasteiger charge is 2.12. The van der Waals surface area contributed by atoms with E-state index in [1.165, 1.54) is 11.1 Å². The molecule has 0 aliphatic carbocycles. The quantitative estimate of drug-likeness (QED) is 0.750. The number of alkyl halides is 1. The third-order valence-electron chi connectivity index (χ3n) is 3.25. The molecule has 1 nitrogen and oxygen atoms in total. The summed E-state index contributed by atoms with van der Waals surface area (Å²) in [6.07, 6.45) is 2.22. The Balaban J connectivity index is 2.44. The Morgan fingerprint density at radius 1 is 1.17 bits per heavy atom. The lowest BCUT2D eigenvalue weighted by atomic mass is 9.87. The first-order valence-electron chi connectivity index (χ1n) is 6.82. The van der Waals surface area contributed by atoms with Crippen LogP contribution in [-0.4, -0.2) is 11.9 Å². The molecule has 0 bridgehead atoms. The molecule has 0 amide bonds. The molecule has 0 aromatic heterocycles. The van der Waals surface area contributed by atoms with E-state index in [1.807, 2.05) is 0 Å². The summed E-state index contributed by atoms with van der Waals surface area (Å²) in [4.78, 5) is 0. The van der Waals surface area contributed by atoms with Crippen LogP contribution in [0.1, 0.15) is 51.7 Å². The van der Waals surface area contributed by atoms with Crippen molar-refractivity contribution in [3.63, 3.8) is 0 Å². The van der Waals surface area contributed by atoms with Crippen LogP contribution in [0.15, 0.2) is 24.3 Å². The van der Waals surface area contributed by atoms with Gasteiger partial charge in [0.05, 0.1) is 0 Å². The van der Waals surface area contributed by atoms with Gasteiger partial charge in [-0.25, -0.2) is 0 Å². The fourth-order valence-electron chi connectivity index (χ4n) is 1.90. The summed E-state index contributed by atoms with van der Waals surface area (Å²) in [6.45, 7) is 9.89. The fourth-order valence-corrected chi connectivity index (χ4v) is 2.05. The van der Waals surface area contributed by atoms with Crippen molar-refractivity contribution in [1.29, 1.82) is 0 Å². The van der Waals surface area contributed by atoms with E-state index in [0.717, 1.165) is 25.3 Å². The van der Waals surface area contributed by atoms with Crippen LogP contribution < -0.4 is 5.32 Å². The molecule has 102 valence electrons. The lowest BCUT2D eigenvalue weighted by Crippen LogP contribution is -2.25. The molecule has 0 aliphatic heterocycles. The largest absolute Gasteiger partial charge is 0.310 e. The van der Waals surface area contributed by atoms with Crippen LogP contribution in [-0.2, 0) is 12.0 Å². The summed E-state index contributed by atoms with van der Waals surface area (Å²) >= 11 is 5.70. The number of hydrogen-bond acceptors (Lipinski definition) is 1. The number of halogens is 1. The SMILES string of the molecule is CC(CCCCl)NCc1ccc(C(C)(C)C)cc1. The first-order valence-corrected chi connectivity index (χ1v) is 7.35. The minimum Gasteiger partial charge on any atom is -0.310 e. The predicted molar refractivity (Wildman–Crippen MR) is 81.4 cm³/mol. The molecule has 0 fully saturated rings. The maximum Gasteiger partial charge on any atom is 0.0224 e. The Kier molecular flexibility index (Phi) is 6.17. The maximum atomic E-state index is 5.70. The topological polar surface area (TPSA) is 12.0 Å². The van der Waals surface area contributed by atoms with Crippen LogP contribution in [0.4, 0.5) is 0 Å². The van der Waals surface area contributed by atoms with Crippen LogP contribution >= 0.6 is 11.6 Å². The van der Waals surface area contributed by atoms with Crippen LogP contribution in [0.25, 0.3) is 0 Å². The van der Waals surface area contributed by atoms with E-state index in [0.29, 0.717) is 6.04 Å². The van der Waals surface area contributed by atoms with Crippen molar-refractivity contribution in [2.75, 3.05) is 5.88 Å². The van der Waals surface area contributed by atoms with Gasteiger partial charge < -0.3 is 5.32 Å². The van der Waals surface area contributed by atoms with E-state index in [4.69, 9.17) is 11.6 Å². The molecule has 1 aromatic rings. The van der Waals surface area contributed by atoms with Crippen molar-refractivity contribution in [2.24, 2.45) is 0 Å². The minimum absolute atomic E-state index is 0.236. The Morgan fingerprint density at radius 2 is 1.78 bits per heavy atom. The lowest BCUT2D eigenvalue weighted by molar-refractivity contribution is 0.509. The van der Waals surface area contributed by atoms with Crippen molar-refractivity contribution < 1.29 is 0 Å². The molecule has 2 heteroatoms. The zero-order chi connectivity index (χ0) is 13.6. The van der Waals surface area contributed by atoms with E-state index in [-0.39, 0.29) is 5.41 Å². The van der Waals surface area contributed by atoms with Gasteiger partial charge in [-0.1, -0.05) is 45.0 Å². The van der Waals surface area contributed by atoms with Gasteiger partial charge >= 0.3 is 0 Å². The highest BCUT2D eigenvalue weighted by molar-refractivity contribution is 6.17. The molecule has 0 aliphatic rings. The third kappa shape index (κ3) is 5.41. The average molecular weight is 268 g/mol. The lowest BCUT2D eigenvalue weighted by Gasteiger charge is -2.19. The molecular formula is C16H26ClN. The van der Waals surface area contributed by atoms with E-state index in [1.54, 1.807) is 0 Å². The van der Waals surface area contributed by atoms with Gasteiger partial charge in [-0.15, -0.1) is 11.6 Å². The predicted octanol–water partition coefficient (Wildman–Crippen LogP) is 4.48. The van der Waals surface area contributed by atoms with Crippen molar-refractivity contribution in [2.45, 2.75) is 58.5 Å². The van der Waals surface area contributed by atoms with Crippen molar-refractivity contribution in [1.82, 2.24) is 5.32 Å². The highest BCUT2D eigenvalue weighted by atomic mass is 35.5. The molecule has 0 saturated carbocycles. The summed E-state index contributed by atoms with van der Waals surface area (Å²) in [5.74, 6) is 0.756. The molecule has 1 rings (SSSR count). The van der Waals surface area contributed by atoms with Gasteiger partial charge in [0, 0.05) is 18.5 Å².